The summed E-state index contributed by atoms with van der Waals surface area (Å²) in [5.74, 6) is 1.51. The molecule has 1 saturated carbocycles. The van der Waals surface area contributed by atoms with Crippen molar-refractivity contribution in [1.29, 1.82) is 0 Å². The van der Waals surface area contributed by atoms with Gasteiger partial charge < -0.3 is 39.7 Å². The highest BCUT2D eigenvalue weighted by atomic mass is 16.5. The van der Waals surface area contributed by atoms with Crippen LogP contribution in [0.1, 0.15) is 94.3 Å². The maximum absolute atomic E-state index is 13.9. The molecule has 2 aliphatic heterocycles. The van der Waals surface area contributed by atoms with Crippen LogP contribution in [0, 0.1) is 13.8 Å². The van der Waals surface area contributed by atoms with Crippen molar-refractivity contribution < 1.29 is 28.4 Å². The first kappa shape index (κ1) is 40.5. The predicted molar refractivity (Wildman–Crippen MR) is 235 cm³/mol. The molecule has 4 amide bonds. The van der Waals surface area contributed by atoms with E-state index >= 15 is 0 Å². The minimum absolute atomic E-state index is 0.0238. The van der Waals surface area contributed by atoms with Crippen molar-refractivity contribution in [1.82, 2.24) is 55.0 Å². The van der Waals surface area contributed by atoms with Gasteiger partial charge in [0, 0.05) is 84.1 Å². The second-order valence-corrected chi connectivity index (χ2v) is 16.5. The molecule has 5 N–H and O–H groups in total. The molecule has 0 radical (unpaired) electrons. The number of aryl methyl sites for hydroxylation is 4. The number of imidazole rings is 1. The summed E-state index contributed by atoms with van der Waals surface area (Å²) in [6.07, 6.45) is 7.11. The number of ether oxygens (including phenoxy) is 1. The molecule has 64 heavy (non-hydrogen) atoms. The number of piperidine rings is 1. The lowest BCUT2D eigenvalue weighted by atomic mass is 10.0. The van der Waals surface area contributed by atoms with Gasteiger partial charge in [0.1, 0.15) is 34.8 Å². The smallest absolute Gasteiger partial charge is 0.289 e. The standard InChI is InChI=1S/C45H47N13O6/c1-5-58-36(18-32(54-58)25-10-11-25)50-41-39-28-17-35(63-4)29(38-23(2)55-64-24(38)3)16-33(28)49-40(39)52-42(53-41)44(61)47-19-26-20-56(22-48-26)15-7-14-46-31-9-6-8-27-30(31)21-57(45(27)62)34-12-13-37(59)51-43(34)60/h6,8-9,16-18,20,22,25,34,46H,5,7,10-15,19,21H2,1-4H3,(H,47,61)(H,51,59,60)(H2,49,50,52,53). The molecule has 7 heterocycles. The van der Waals surface area contributed by atoms with Crippen LogP contribution in [0.4, 0.5) is 17.3 Å². The Morgan fingerprint density at radius 1 is 1.06 bits per heavy atom. The number of fused-ring (bicyclic) bond motifs is 4. The number of nitrogens with zero attached hydrogens (tertiary/aromatic N) is 8. The number of amides is 4. The third-order valence-corrected chi connectivity index (χ3v) is 12.2. The molecule has 10 rings (SSSR count). The van der Waals surface area contributed by atoms with Gasteiger partial charge >= 0.3 is 0 Å². The highest BCUT2D eigenvalue weighted by Crippen LogP contribution is 2.43. The zero-order chi connectivity index (χ0) is 44.2. The quantitative estimate of drug-likeness (QED) is 0.0623. The Kier molecular flexibility index (Phi) is 10.3. The van der Waals surface area contributed by atoms with Gasteiger partial charge in [-0.3, -0.25) is 24.5 Å². The van der Waals surface area contributed by atoms with Gasteiger partial charge in [0.25, 0.3) is 11.8 Å². The number of methoxy groups -OCH3 is 1. The van der Waals surface area contributed by atoms with Crippen LogP contribution in [-0.2, 0) is 35.8 Å². The summed E-state index contributed by atoms with van der Waals surface area (Å²) in [4.78, 5) is 70.4. The summed E-state index contributed by atoms with van der Waals surface area (Å²) in [6, 6.07) is 10.8. The zero-order valence-electron chi connectivity index (χ0n) is 35.9. The molecule has 2 fully saturated rings. The molecular weight excluding hydrogens is 819 g/mol. The number of aromatic amines is 1. The molecule has 2 aromatic carbocycles. The third-order valence-electron chi connectivity index (χ3n) is 12.2. The molecule has 5 aromatic heterocycles. The second-order valence-electron chi connectivity index (χ2n) is 16.5. The van der Waals surface area contributed by atoms with E-state index in [-0.39, 0.29) is 30.6 Å². The fourth-order valence-electron chi connectivity index (χ4n) is 8.83. The Morgan fingerprint density at radius 2 is 1.92 bits per heavy atom. The molecule has 0 bridgehead atoms. The van der Waals surface area contributed by atoms with Crippen LogP contribution >= 0.6 is 0 Å². The topological polar surface area (TPSA) is 232 Å². The summed E-state index contributed by atoms with van der Waals surface area (Å²) >= 11 is 0. The number of carbonyl (C=O) groups excluding carboxylic acids is 4. The van der Waals surface area contributed by atoms with Crippen molar-refractivity contribution in [2.24, 2.45) is 0 Å². The summed E-state index contributed by atoms with van der Waals surface area (Å²) in [5.41, 5.74) is 7.56. The maximum Gasteiger partial charge on any atom is 0.289 e. The Labute approximate surface area is 366 Å². The van der Waals surface area contributed by atoms with Gasteiger partial charge in [-0.2, -0.15) is 5.10 Å². The van der Waals surface area contributed by atoms with Crippen molar-refractivity contribution in [2.75, 3.05) is 24.3 Å². The summed E-state index contributed by atoms with van der Waals surface area (Å²) in [5, 5.41) is 22.8. The predicted octanol–water partition coefficient (Wildman–Crippen LogP) is 5.62. The van der Waals surface area contributed by atoms with Gasteiger partial charge in [0.15, 0.2) is 0 Å². The van der Waals surface area contributed by atoms with E-state index in [0.717, 1.165) is 69.7 Å². The molecule has 19 heteroatoms. The Bertz CT molecular complexity index is 2990. The maximum atomic E-state index is 13.9. The number of H-pyrrole nitrogens is 1. The summed E-state index contributed by atoms with van der Waals surface area (Å²) in [6.45, 7) is 8.15. The number of anilines is 3. The highest BCUT2D eigenvalue weighted by Gasteiger charge is 2.40. The molecular formula is C45H47N13O6. The molecule has 1 unspecified atom stereocenters. The van der Waals surface area contributed by atoms with E-state index in [2.05, 4.69) is 42.5 Å². The average Bonchev–Trinajstić information content (AvgIpc) is 3.55. The van der Waals surface area contributed by atoms with Gasteiger partial charge in [0.2, 0.25) is 17.6 Å². The molecule has 1 aliphatic carbocycles. The van der Waals surface area contributed by atoms with Crippen molar-refractivity contribution >= 4 is 62.9 Å². The van der Waals surface area contributed by atoms with Crippen molar-refractivity contribution in [2.45, 2.75) is 91.0 Å². The van der Waals surface area contributed by atoms with E-state index in [9.17, 15) is 19.2 Å². The Balaban J connectivity index is 0.835. The summed E-state index contributed by atoms with van der Waals surface area (Å²) < 4.78 is 15.3. The van der Waals surface area contributed by atoms with Crippen molar-refractivity contribution in [3.05, 3.63) is 88.7 Å². The van der Waals surface area contributed by atoms with Crippen LogP contribution < -0.4 is 26.0 Å². The third kappa shape index (κ3) is 7.45. The first-order valence-corrected chi connectivity index (χ1v) is 21.6. The van der Waals surface area contributed by atoms with E-state index in [1.807, 2.05) is 60.5 Å². The number of carbonyl (C=O) groups is 4. The average molecular weight is 866 g/mol. The SMILES string of the molecule is CCn1nc(C2CC2)cc1Nc1nc(C(=O)NCc2cn(CCCNc3cccc4c3CN(C3CCC(=O)NC3=O)C4=O)cn2)nc2[nH]c3cc(-c4c(C)noc4C)c(OC)cc3c12. The van der Waals surface area contributed by atoms with E-state index in [1.54, 1.807) is 24.4 Å². The lowest BCUT2D eigenvalue weighted by Crippen LogP contribution is -2.52. The van der Waals surface area contributed by atoms with Gasteiger partial charge in [-0.25, -0.2) is 19.6 Å². The minimum atomic E-state index is -0.668. The monoisotopic (exact) mass is 865 g/mol. The number of imide groups is 1. The molecule has 3 aliphatic rings. The fourth-order valence-corrected chi connectivity index (χ4v) is 8.83. The van der Waals surface area contributed by atoms with E-state index < -0.39 is 17.9 Å². The molecule has 7 aromatic rings. The van der Waals surface area contributed by atoms with Crippen molar-refractivity contribution in [3.8, 4) is 16.9 Å². The molecule has 0 spiro atoms. The van der Waals surface area contributed by atoms with Crippen LogP contribution in [0.15, 0.2) is 53.4 Å². The lowest BCUT2D eigenvalue weighted by molar-refractivity contribution is -0.136. The van der Waals surface area contributed by atoms with Crippen LogP contribution in [0.25, 0.3) is 33.1 Å². The van der Waals surface area contributed by atoms with Crippen LogP contribution in [-0.4, -0.2) is 87.7 Å². The van der Waals surface area contributed by atoms with E-state index in [1.165, 1.54) is 0 Å². The van der Waals surface area contributed by atoms with E-state index in [4.69, 9.17) is 24.3 Å². The number of hydrogen-bond donors (Lipinski definition) is 5. The number of rotatable bonds is 15. The largest absolute Gasteiger partial charge is 0.496 e. The number of aromatic nitrogens is 8. The number of nitrogens with one attached hydrogen (secondary N) is 5. The van der Waals surface area contributed by atoms with Crippen LogP contribution in [0.5, 0.6) is 5.75 Å². The molecule has 19 nitrogen and oxygen atoms in total. The lowest BCUT2D eigenvalue weighted by Gasteiger charge is -2.29. The normalized spacial score (nSPS) is 16.2. The molecule has 1 saturated heterocycles. The summed E-state index contributed by atoms with van der Waals surface area (Å²) in [7, 11) is 1.62. The minimum Gasteiger partial charge on any atom is -0.496 e. The number of hydrogen-bond acceptors (Lipinski definition) is 13. The van der Waals surface area contributed by atoms with Crippen molar-refractivity contribution in [3.63, 3.8) is 0 Å². The highest BCUT2D eigenvalue weighted by molar-refractivity contribution is 6.14. The van der Waals surface area contributed by atoms with Gasteiger partial charge in [-0.05, 0) is 70.7 Å². The Hall–Kier alpha value is -7.57. The van der Waals surface area contributed by atoms with Gasteiger partial charge in [-0.1, -0.05) is 11.2 Å². The first-order chi connectivity index (χ1) is 31.1. The van der Waals surface area contributed by atoms with Gasteiger partial charge in [-0.15, -0.1) is 0 Å². The van der Waals surface area contributed by atoms with Crippen LogP contribution in [0.3, 0.4) is 0 Å². The van der Waals surface area contributed by atoms with Gasteiger partial charge in [0.05, 0.1) is 48.0 Å². The molecule has 1 atom stereocenters. The fraction of sp³-hybridized carbons (Fsp3) is 0.356. The number of benzene rings is 2. The van der Waals surface area contributed by atoms with E-state index in [0.29, 0.717) is 78.1 Å². The van der Waals surface area contributed by atoms with Crippen LogP contribution in [0.2, 0.25) is 0 Å². The second kappa shape index (κ2) is 16.3. The first-order valence-electron chi connectivity index (χ1n) is 21.6. The Morgan fingerprint density at radius 3 is 2.69 bits per heavy atom. The molecule has 328 valence electrons. The zero-order valence-corrected chi connectivity index (χ0v) is 35.9.